The van der Waals surface area contributed by atoms with Gasteiger partial charge < -0.3 is 82.9 Å². The number of cyclic esters (lactones) is 1. The van der Waals surface area contributed by atoms with Gasteiger partial charge >= 0.3 is 29.8 Å². The van der Waals surface area contributed by atoms with Crippen LogP contribution >= 0.6 is 11.8 Å². The van der Waals surface area contributed by atoms with Crippen molar-refractivity contribution in [2.75, 3.05) is 48.0 Å². The summed E-state index contributed by atoms with van der Waals surface area (Å²) in [6.07, 6.45) is -8.05. The summed E-state index contributed by atoms with van der Waals surface area (Å²) in [5, 5.41) is 47.5. The number of carboxylic acid groups (broad SMARTS) is 1. The van der Waals surface area contributed by atoms with E-state index in [1.54, 1.807) is 87.6 Å². The number of aliphatic hydroxyl groups is 3. The number of carbonyl (C=O) groups is 8. The SMILES string of the molecule is CC[C@H]1OC(=O)[C@H](C)[C@@H](O[C@H]2C[C@@](C)(OC)[C@@H](OC(=O)C3N4C(=O)C(NC(=O)C(C(=O)O)c5ccccc5)C4SC3(C)C)[C@H](C)O2)[C@H](C)[C@@H](O[C@H]2C[C@@H](N(C)C)C[C@@H](C)O2)[C@](C)(O)C[C@@H](C)CN(C)[C@H](C)[C@@H](OC(=O)CCOC(=O)C2C(=CCO)OC3CC(=O)N32)[C@]1(C)O. The third kappa shape index (κ3) is 15.6. The van der Waals surface area contributed by atoms with E-state index in [-0.39, 0.29) is 67.5 Å². The topological polar surface area (TPSA) is 335 Å². The molecule has 0 aliphatic carbocycles. The molecule has 526 valence electrons. The molecule has 94 heavy (non-hydrogen) atoms. The van der Waals surface area contributed by atoms with Crippen LogP contribution < -0.4 is 5.32 Å². The lowest BCUT2D eigenvalue weighted by Gasteiger charge is -2.49. The first-order valence-electron chi connectivity index (χ1n) is 32.6. The molecule has 0 spiro atoms. The van der Waals surface area contributed by atoms with Crippen molar-refractivity contribution in [1.82, 2.24) is 24.9 Å². The molecule has 7 fully saturated rings. The Morgan fingerprint density at radius 2 is 1.54 bits per heavy atom. The third-order valence-electron chi connectivity index (χ3n) is 20.0. The Labute approximate surface area is 554 Å². The molecule has 7 heterocycles. The van der Waals surface area contributed by atoms with Gasteiger partial charge in [-0.1, -0.05) is 51.1 Å². The molecule has 7 aliphatic heterocycles. The van der Waals surface area contributed by atoms with Crippen molar-refractivity contribution in [1.29, 1.82) is 0 Å². The van der Waals surface area contributed by atoms with E-state index in [4.69, 9.17) is 47.4 Å². The fourth-order valence-electron chi connectivity index (χ4n) is 14.9. The van der Waals surface area contributed by atoms with Crippen LogP contribution in [-0.4, -0.2) is 254 Å². The molecule has 0 aromatic heterocycles. The number of aliphatic hydroxyl groups excluding tert-OH is 1. The summed E-state index contributed by atoms with van der Waals surface area (Å²) in [4.78, 5) is 116. The highest BCUT2D eigenvalue weighted by Crippen LogP contribution is 2.52. The second-order valence-electron chi connectivity index (χ2n) is 28.1. The van der Waals surface area contributed by atoms with Gasteiger partial charge in [0, 0.05) is 49.2 Å². The van der Waals surface area contributed by atoms with Crippen LogP contribution in [0.3, 0.4) is 0 Å². The number of thioether (sulfide) groups is 1. The number of aliphatic carboxylic acids is 1. The van der Waals surface area contributed by atoms with E-state index in [2.05, 4.69) is 10.2 Å². The van der Waals surface area contributed by atoms with Gasteiger partial charge in [0.1, 0.15) is 53.2 Å². The molecule has 0 saturated carbocycles. The second kappa shape index (κ2) is 29.7. The number of esters is 4. The highest BCUT2D eigenvalue weighted by molar-refractivity contribution is 8.01. The Morgan fingerprint density at radius 1 is 0.862 bits per heavy atom. The maximum atomic E-state index is 15.2. The summed E-state index contributed by atoms with van der Waals surface area (Å²) in [5.41, 5.74) is -4.91. The largest absolute Gasteiger partial charge is 0.480 e. The molecular weight excluding hydrogens is 1250 g/mol. The fourth-order valence-corrected chi connectivity index (χ4v) is 16.5. The monoisotopic (exact) mass is 1350 g/mol. The van der Waals surface area contributed by atoms with Crippen molar-refractivity contribution < 1.29 is 106 Å². The van der Waals surface area contributed by atoms with Gasteiger partial charge in [0.05, 0.1) is 55.4 Å². The van der Waals surface area contributed by atoms with Gasteiger partial charge in [0.2, 0.25) is 17.7 Å². The molecule has 7 saturated heterocycles. The fraction of sp³-hybridized carbons (Fsp3) is 0.758. The molecule has 27 nitrogen and oxygen atoms in total. The van der Waals surface area contributed by atoms with Crippen LogP contribution in [-0.2, 0) is 85.7 Å². The first-order valence-corrected chi connectivity index (χ1v) is 33.5. The first-order chi connectivity index (χ1) is 44.0. The van der Waals surface area contributed by atoms with E-state index in [9.17, 15) is 54.0 Å². The Hall–Kier alpha value is -5.53. The number of carboxylic acids is 1. The molecular formula is C66H99N5O22S. The molecule has 5 N–H and O–H groups in total. The molecule has 1 aromatic rings. The zero-order valence-electron chi connectivity index (χ0n) is 56.9. The first kappa shape index (κ1) is 74.3. The number of hydrogen-bond donors (Lipinski definition) is 5. The van der Waals surface area contributed by atoms with Crippen LogP contribution in [0, 0.1) is 17.8 Å². The Balaban J connectivity index is 1.04. The van der Waals surface area contributed by atoms with Gasteiger partial charge in [0.15, 0.2) is 36.9 Å². The van der Waals surface area contributed by atoms with Gasteiger partial charge in [0.25, 0.3) is 0 Å². The number of nitrogens with zero attached hydrogens (tertiary/aromatic N) is 4. The highest BCUT2D eigenvalue weighted by atomic mass is 32.2. The zero-order valence-corrected chi connectivity index (χ0v) is 57.7. The predicted molar refractivity (Wildman–Crippen MR) is 336 cm³/mol. The van der Waals surface area contributed by atoms with Gasteiger partial charge in [-0.25, -0.2) is 9.59 Å². The highest BCUT2D eigenvalue weighted by Gasteiger charge is 2.66. The van der Waals surface area contributed by atoms with E-state index >= 15 is 4.79 Å². The van der Waals surface area contributed by atoms with Crippen molar-refractivity contribution in [3.63, 3.8) is 0 Å². The van der Waals surface area contributed by atoms with Gasteiger partial charge in [-0.05, 0) is 120 Å². The third-order valence-corrected chi connectivity index (χ3v) is 21.6. The van der Waals surface area contributed by atoms with Crippen LogP contribution in [0.4, 0.5) is 0 Å². The minimum absolute atomic E-state index is 0.0249. The van der Waals surface area contributed by atoms with Crippen LogP contribution in [0.2, 0.25) is 0 Å². The smallest absolute Gasteiger partial charge is 0.336 e. The average molecular weight is 1350 g/mol. The number of benzene rings is 1. The molecule has 1 aromatic carbocycles. The van der Waals surface area contributed by atoms with E-state index in [0.717, 1.165) is 6.42 Å². The van der Waals surface area contributed by atoms with Crippen molar-refractivity contribution >= 4 is 59.3 Å². The number of carbonyl (C=O) groups excluding carboxylic acids is 7. The number of β-lactam (4-membered cyclic amide) rings is 2. The number of hydrogen-bond acceptors (Lipinski definition) is 24. The number of nitrogens with one attached hydrogen (secondary N) is 1. The minimum Gasteiger partial charge on any atom is -0.480 e. The number of ether oxygens (including phenoxy) is 10. The normalized spacial score (nSPS) is 39.5. The van der Waals surface area contributed by atoms with E-state index < -0.39 is 186 Å². The molecule has 3 amide bonds. The summed E-state index contributed by atoms with van der Waals surface area (Å²) in [6.45, 7) is 20.1. The maximum Gasteiger partial charge on any atom is 0.336 e. The molecule has 28 heteroatoms. The van der Waals surface area contributed by atoms with Gasteiger partial charge in [-0.15, -0.1) is 11.8 Å². The van der Waals surface area contributed by atoms with Crippen molar-refractivity contribution in [2.24, 2.45) is 17.8 Å². The van der Waals surface area contributed by atoms with Crippen molar-refractivity contribution in [3.8, 4) is 0 Å². The molecule has 0 bridgehead atoms. The maximum absolute atomic E-state index is 15.2. The zero-order chi connectivity index (χ0) is 69.4. The van der Waals surface area contributed by atoms with Crippen LogP contribution in [0.25, 0.3) is 0 Å². The number of rotatable bonds is 19. The molecule has 6 unspecified atom stereocenters. The number of amides is 3. The van der Waals surface area contributed by atoms with Crippen molar-refractivity contribution in [3.05, 3.63) is 47.7 Å². The Morgan fingerprint density at radius 3 is 2.16 bits per heavy atom. The van der Waals surface area contributed by atoms with Crippen LogP contribution in [0.15, 0.2) is 42.2 Å². The molecule has 8 rings (SSSR count). The summed E-state index contributed by atoms with van der Waals surface area (Å²) >= 11 is 1.27. The average Bonchev–Trinajstić information content (AvgIpc) is 1.55. The van der Waals surface area contributed by atoms with Gasteiger partial charge in [-0.3, -0.25) is 38.6 Å². The van der Waals surface area contributed by atoms with E-state index in [1.165, 1.54) is 53.8 Å². The van der Waals surface area contributed by atoms with E-state index in [0.29, 0.717) is 6.42 Å². The lowest BCUT2D eigenvalue weighted by molar-refractivity contribution is -0.310. The Kier molecular flexibility index (Phi) is 23.4. The predicted octanol–water partition coefficient (Wildman–Crippen LogP) is 3.21. The number of likely N-dealkylation sites (N-methyl/N-ethyl adjacent to an activating group) is 1. The quantitative estimate of drug-likeness (QED) is 0.0574. The number of fused-ring (bicyclic) bond motifs is 2. The molecule has 0 radical (unpaired) electrons. The van der Waals surface area contributed by atoms with Crippen LogP contribution in [0.5, 0.6) is 0 Å². The Bertz CT molecular complexity index is 2950. The van der Waals surface area contributed by atoms with Crippen molar-refractivity contribution in [2.45, 2.75) is 253 Å². The summed E-state index contributed by atoms with van der Waals surface area (Å²) < 4.78 is 62.5. The standard InChI is InChI=1S/C66H99N5O22S/c1-17-42-66(12,83)54(90-45(74)24-26-85-61(80)50-41(23-25-72)88-44-29-43(73)70(44)50)37(6)69(15)32-33(2)30-64(10,82)53(92-46-28-40(68(13)14)27-34(3)86-46)35(4)51(36(5)60(79)89-42)91-47-31-65(11,84-16)55(38(7)87-47)93-62(81)52-63(8,9)94-58-49(57(76)71(52)58)67-56(75)48(59(77)78)39-21-19-18-20-22-39/h18-23,33-38,40,42,44,46-55,58,72,82-83H,17,24-32H2,1-16H3,(H,67,75)(H,77,78)/t33-,34-,35+,36-,37-,38+,40+,42-,44?,46+,47+,48?,49?,50?,51+,52?,53-,54-,55+,58?,64-,65-,66-/m1/s1. The minimum atomic E-state index is -2.10. The van der Waals surface area contributed by atoms with E-state index in [1.807, 2.05) is 32.8 Å². The lowest BCUT2D eigenvalue weighted by atomic mass is 9.77. The molecule has 7 aliphatic rings. The summed E-state index contributed by atoms with van der Waals surface area (Å²) in [6, 6.07) is 3.68. The second-order valence-corrected chi connectivity index (χ2v) is 29.8. The van der Waals surface area contributed by atoms with Crippen LogP contribution in [0.1, 0.15) is 140 Å². The lowest BCUT2D eigenvalue weighted by Crippen LogP contribution is -2.71. The summed E-state index contributed by atoms with van der Waals surface area (Å²) in [5.74, 6) is -10.5. The summed E-state index contributed by atoms with van der Waals surface area (Å²) in [7, 11) is 7.17. The number of methoxy groups -OCH3 is 1. The van der Waals surface area contributed by atoms with Gasteiger partial charge in [-0.2, -0.15) is 0 Å². The molecule has 23 atom stereocenters.